The Morgan fingerprint density at radius 3 is 2.60 bits per heavy atom. The molecule has 0 bridgehead atoms. The van der Waals surface area contributed by atoms with Gasteiger partial charge in [0.25, 0.3) is 0 Å². The predicted octanol–water partition coefficient (Wildman–Crippen LogP) is 3.70. The fourth-order valence-corrected chi connectivity index (χ4v) is 4.07. The lowest BCUT2D eigenvalue weighted by atomic mass is 10.2. The molecule has 10 heteroatoms. The van der Waals surface area contributed by atoms with Gasteiger partial charge in [-0.3, -0.25) is 9.89 Å². The zero-order valence-electron chi connectivity index (χ0n) is 17.3. The summed E-state index contributed by atoms with van der Waals surface area (Å²) >= 11 is 0. The van der Waals surface area contributed by atoms with Crippen molar-refractivity contribution in [2.45, 2.75) is 56.8 Å². The van der Waals surface area contributed by atoms with Crippen molar-refractivity contribution in [1.82, 2.24) is 20.5 Å². The number of likely N-dealkylation sites (tertiary alicyclic amines) is 1. The second-order valence-electron chi connectivity index (χ2n) is 7.77. The van der Waals surface area contributed by atoms with E-state index in [1.807, 2.05) is 0 Å². The molecular formula is C20H32F3IN6. The third kappa shape index (κ3) is 7.44. The Bertz CT molecular complexity index is 662. The van der Waals surface area contributed by atoms with E-state index >= 15 is 0 Å². The predicted molar refractivity (Wildman–Crippen MR) is 124 cm³/mol. The molecule has 30 heavy (non-hydrogen) atoms. The summed E-state index contributed by atoms with van der Waals surface area (Å²) in [6, 6.07) is 3.58. The highest BCUT2D eigenvalue weighted by Crippen LogP contribution is 2.29. The third-order valence-electron chi connectivity index (χ3n) is 5.67. The molecule has 3 N–H and O–H groups in total. The number of nitrogens with zero attached hydrogens (tertiary/aromatic N) is 3. The largest absolute Gasteiger partial charge is 0.417 e. The van der Waals surface area contributed by atoms with Gasteiger partial charge in [-0.05, 0) is 37.8 Å². The third-order valence-corrected chi connectivity index (χ3v) is 5.67. The molecule has 1 aliphatic heterocycles. The van der Waals surface area contributed by atoms with Crippen LogP contribution in [0.2, 0.25) is 0 Å². The zero-order chi connectivity index (χ0) is 20.7. The highest BCUT2D eigenvalue weighted by molar-refractivity contribution is 14.0. The van der Waals surface area contributed by atoms with Crippen molar-refractivity contribution >= 4 is 35.8 Å². The number of guanidine groups is 1. The van der Waals surface area contributed by atoms with Crippen molar-refractivity contribution in [3.05, 3.63) is 23.9 Å². The minimum atomic E-state index is -4.36. The lowest BCUT2D eigenvalue weighted by Crippen LogP contribution is -2.45. The van der Waals surface area contributed by atoms with Crippen LogP contribution in [-0.2, 0) is 6.18 Å². The van der Waals surface area contributed by atoms with Crippen LogP contribution in [0.5, 0.6) is 0 Å². The fourth-order valence-electron chi connectivity index (χ4n) is 4.07. The molecule has 2 heterocycles. The number of hydrogen-bond acceptors (Lipinski definition) is 4. The molecule has 2 fully saturated rings. The van der Waals surface area contributed by atoms with Gasteiger partial charge in [-0.15, -0.1) is 24.0 Å². The van der Waals surface area contributed by atoms with Gasteiger partial charge in [-0.25, -0.2) is 4.98 Å². The molecule has 1 unspecified atom stereocenters. The standard InChI is InChI=1S/C20H31F3N6.HI/c1-24-19(28-16-9-12-29(14-16)17-5-2-3-6-17)26-11-4-10-25-18-8-7-15(13-27-18)20(21,22)23;/h7-8,13,16-17H,2-6,9-12,14H2,1H3,(H,25,27)(H2,24,26,28);1H. The number of rotatable bonds is 7. The molecule has 1 saturated heterocycles. The molecule has 1 aromatic rings. The molecule has 0 amide bonds. The first kappa shape index (κ1) is 25.0. The van der Waals surface area contributed by atoms with E-state index in [-0.39, 0.29) is 24.0 Å². The fraction of sp³-hybridized carbons (Fsp3) is 0.700. The average Bonchev–Trinajstić information content (AvgIpc) is 3.38. The van der Waals surface area contributed by atoms with Gasteiger partial charge in [0.1, 0.15) is 5.82 Å². The first-order valence-electron chi connectivity index (χ1n) is 10.4. The second-order valence-corrected chi connectivity index (χ2v) is 7.77. The van der Waals surface area contributed by atoms with Crippen LogP contribution in [0.1, 0.15) is 44.1 Å². The number of anilines is 1. The normalized spacial score (nSPS) is 20.8. The monoisotopic (exact) mass is 540 g/mol. The van der Waals surface area contributed by atoms with Crippen LogP contribution >= 0.6 is 24.0 Å². The van der Waals surface area contributed by atoms with Gasteiger partial charge < -0.3 is 16.0 Å². The van der Waals surface area contributed by atoms with Crippen molar-refractivity contribution in [3.8, 4) is 0 Å². The summed E-state index contributed by atoms with van der Waals surface area (Å²) in [5, 5.41) is 9.85. The van der Waals surface area contributed by atoms with Gasteiger partial charge in [0.05, 0.1) is 5.56 Å². The van der Waals surface area contributed by atoms with Crippen LogP contribution < -0.4 is 16.0 Å². The summed E-state index contributed by atoms with van der Waals surface area (Å²) in [5.41, 5.74) is -0.738. The van der Waals surface area contributed by atoms with Crippen LogP contribution in [-0.4, -0.2) is 61.2 Å². The van der Waals surface area contributed by atoms with Crippen LogP contribution in [0.25, 0.3) is 0 Å². The quantitative estimate of drug-likeness (QED) is 0.213. The van der Waals surface area contributed by atoms with Crippen molar-refractivity contribution in [3.63, 3.8) is 0 Å². The Balaban J connectivity index is 0.00000320. The Morgan fingerprint density at radius 2 is 1.97 bits per heavy atom. The first-order chi connectivity index (χ1) is 14.0. The van der Waals surface area contributed by atoms with Crippen LogP contribution in [0, 0.1) is 0 Å². The topological polar surface area (TPSA) is 64.6 Å². The molecular weight excluding hydrogens is 508 g/mol. The van der Waals surface area contributed by atoms with E-state index in [1.54, 1.807) is 7.05 Å². The Kier molecular flexibility index (Phi) is 9.92. The number of aromatic nitrogens is 1. The van der Waals surface area contributed by atoms with E-state index in [4.69, 9.17) is 0 Å². The Hall–Kier alpha value is -1.30. The van der Waals surface area contributed by atoms with Crippen molar-refractivity contribution in [2.75, 3.05) is 38.5 Å². The van der Waals surface area contributed by atoms with Crippen LogP contribution in [0.15, 0.2) is 23.3 Å². The molecule has 2 aliphatic rings. The van der Waals surface area contributed by atoms with Gasteiger partial charge in [0, 0.05) is 51.5 Å². The molecule has 6 nitrogen and oxygen atoms in total. The average molecular weight is 540 g/mol. The number of pyridine rings is 1. The zero-order valence-corrected chi connectivity index (χ0v) is 19.7. The molecule has 0 spiro atoms. The maximum atomic E-state index is 12.5. The van der Waals surface area contributed by atoms with Crippen molar-refractivity contribution < 1.29 is 13.2 Å². The Labute approximate surface area is 193 Å². The van der Waals surface area contributed by atoms with Crippen LogP contribution in [0.3, 0.4) is 0 Å². The van der Waals surface area contributed by atoms with E-state index in [0.29, 0.717) is 24.9 Å². The number of aliphatic imine (C=N–C) groups is 1. The van der Waals surface area contributed by atoms with Gasteiger partial charge in [-0.1, -0.05) is 12.8 Å². The van der Waals surface area contributed by atoms with E-state index in [1.165, 1.54) is 31.7 Å². The minimum absolute atomic E-state index is 0. The van der Waals surface area contributed by atoms with Gasteiger partial charge in [0.15, 0.2) is 5.96 Å². The lowest BCUT2D eigenvalue weighted by molar-refractivity contribution is -0.137. The summed E-state index contributed by atoms with van der Waals surface area (Å²) in [5.74, 6) is 1.24. The smallest absolute Gasteiger partial charge is 0.370 e. The number of halogens is 4. The molecule has 1 aromatic heterocycles. The van der Waals surface area contributed by atoms with E-state index in [2.05, 4.69) is 30.8 Å². The Morgan fingerprint density at radius 1 is 1.20 bits per heavy atom. The SMILES string of the molecule is CN=C(NCCCNc1ccc(C(F)(F)F)cn1)NC1CCN(C2CCCC2)C1.I. The van der Waals surface area contributed by atoms with Gasteiger partial charge >= 0.3 is 6.18 Å². The van der Waals surface area contributed by atoms with E-state index < -0.39 is 11.7 Å². The van der Waals surface area contributed by atoms with Gasteiger partial charge in [0.2, 0.25) is 0 Å². The summed E-state index contributed by atoms with van der Waals surface area (Å²) in [6.45, 7) is 3.56. The number of nitrogens with one attached hydrogen (secondary N) is 3. The van der Waals surface area contributed by atoms with Gasteiger partial charge in [-0.2, -0.15) is 13.2 Å². The molecule has 170 valence electrons. The van der Waals surface area contributed by atoms with Crippen LogP contribution in [0.4, 0.5) is 19.0 Å². The van der Waals surface area contributed by atoms with E-state index in [9.17, 15) is 13.2 Å². The van der Waals surface area contributed by atoms with E-state index in [0.717, 1.165) is 50.2 Å². The summed E-state index contributed by atoms with van der Waals surface area (Å²) < 4.78 is 37.6. The molecule has 1 atom stereocenters. The summed E-state index contributed by atoms with van der Waals surface area (Å²) in [6.07, 6.45) is 3.81. The first-order valence-corrected chi connectivity index (χ1v) is 10.4. The minimum Gasteiger partial charge on any atom is -0.370 e. The molecule has 0 aromatic carbocycles. The van der Waals surface area contributed by atoms with Crippen molar-refractivity contribution in [2.24, 2.45) is 4.99 Å². The summed E-state index contributed by atoms with van der Waals surface area (Å²) in [7, 11) is 1.77. The highest BCUT2D eigenvalue weighted by atomic mass is 127. The molecule has 1 aliphatic carbocycles. The lowest BCUT2D eigenvalue weighted by Gasteiger charge is -2.24. The molecule has 0 radical (unpaired) electrons. The highest BCUT2D eigenvalue weighted by Gasteiger charge is 2.31. The molecule has 1 saturated carbocycles. The number of alkyl halides is 3. The number of hydrogen-bond donors (Lipinski definition) is 3. The maximum Gasteiger partial charge on any atom is 0.417 e. The summed E-state index contributed by atoms with van der Waals surface area (Å²) in [4.78, 5) is 10.7. The molecule has 3 rings (SSSR count). The second kappa shape index (κ2) is 11.9. The van der Waals surface area contributed by atoms with Crippen molar-refractivity contribution in [1.29, 1.82) is 0 Å². The maximum absolute atomic E-state index is 12.5.